The summed E-state index contributed by atoms with van der Waals surface area (Å²) in [5.41, 5.74) is -0.281. The van der Waals surface area contributed by atoms with Gasteiger partial charge in [0.25, 0.3) is 0 Å². The second kappa shape index (κ2) is 3.43. The van der Waals surface area contributed by atoms with Gasteiger partial charge in [-0.05, 0) is 26.2 Å². The van der Waals surface area contributed by atoms with Crippen LogP contribution >= 0.6 is 0 Å². The van der Waals surface area contributed by atoms with E-state index < -0.39 is 0 Å². The van der Waals surface area contributed by atoms with E-state index in [2.05, 4.69) is 39.8 Å². The minimum atomic E-state index is -0.161. The van der Waals surface area contributed by atoms with Crippen LogP contribution < -0.4 is 0 Å². The lowest BCUT2D eigenvalue weighted by Crippen LogP contribution is -2.50. The van der Waals surface area contributed by atoms with Crippen LogP contribution in [0.15, 0.2) is 12.2 Å². The first-order chi connectivity index (χ1) is 6.04. The Hall–Kier alpha value is -0.340. The second-order valence-electron chi connectivity index (χ2n) is 4.17. The van der Waals surface area contributed by atoms with Crippen LogP contribution in [0.25, 0.3) is 0 Å². The first-order valence-electron chi connectivity index (χ1n) is 5.24. The largest absolute Gasteiger partial charge is 0.312 e. The fourth-order valence-corrected chi connectivity index (χ4v) is 2.04. The molecule has 1 rings (SSSR count). The molecule has 13 heavy (non-hydrogen) atoms. The molecule has 0 spiro atoms. The van der Waals surface area contributed by atoms with Crippen molar-refractivity contribution in [2.45, 2.75) is 58.0 Å². The molecule has 0 amide bonds. The van der Waals surface area contributed by atoms with E-state index in [9.17, 15) is 5.21 Å². The van der Waals surface area contributed by atoms with Crippen molar-refractivity contribution >= 4 is 0 Å². The lowest BCUT2D eigenvalue weighted by molar-refractivity contribution is -0.200. The maximum absolute atomic E-state index is 10.1. The zero-order valence-electron chi connectivity index (χ0n) is 9.17. The zero-order valence-corrected chi connectivity index (χ0v) is 9.17. The Morgan fingerprint density at radius 3 is 1.85 bits per heavy atom. The van der Waals surface area contributed by atoms with Crippen molar-refractivity contribution < 1.29 is 5.21 Å². The highest BCUT2D eigenvalue weighted by molar-refractivity contribution is 5.21. The molecule has 1 N–H and O–H groups in total. The smallest absolute Gasteiger partial charge is 0.0645 e. The van der Waals surface area contributed by atoms with E-state index in [-0.39, 0.29) is 11.1 Å². The molecule has 2 heteroatoms. The highest BCUT2D eigenvalue weighted by Gasteiger charge is 2.44. The maximum Gasteiger partial charge on any atom is 0.0645 e. The molecular formula is C11H21NO. The zero-order chi connectivity index (χ0) is 10.1. The highest BCUT2D eigenvalue weighted by Crippen LogP contribution is 2.39. The average Bonchev–Trinajstić information content (AvgIpc) is 2.43. The van der Waals surface area contributed by atoms with Crippen LogP contribution in [-0.4, -0.2) is 21.3 Å². The van der Waals surface area contributed by atoms with Crippen molar-refractivity contribution in [1.29, 1.82) is 0 Å². The number of nitrogens with zero attached hydrogens (tertiary/aromatic N) is 1. The van der Waals surface area contributed by atoms with Gasteiger partial charge in [-0.2, -0.15) is 5.06 Å². The summed E-state index contributed by atoms with van der Waals surface area (Å²) in [5, 5.41) is 11.7. The number of hydrogen-bond donors (Lipinski definition) is 1. The van der Waals surface area contributed by atoms with Crippen molar-refractivity contribution in [3.05, 3.63) is 12.2 Å². The summed E-state index contributed by atoms with van der Waals surface area (Å²) in [6.07, 6.45) is 7.18. The van der Waals surface area contributed by atoms with Gasteiger partial charge in [0.05, 0.1) is 11.1 Å². The van der Waals surface area contributed by atoms with Gasteiger partial charge < -0.3 is 5.21 Å². The van der Waals surface area contributed by atoms with Crippen molar-refractivity contribution in [3.8, 4) is 0 Å². The molecule has 1 aliphatic heterocycles. The topological polar surface area (TPSA) is 23.5 Å². The van der Waals surface area contributed by atoms with Gasteiger partial charge in [0.15, 0.2) is 0 Å². The predicted molar refractivity (Wildman–Crippen MR) is 54.8 cm³/mol. The van der Waals surface area contributed by atoms with Crippen molar-refractivity contribution in [3.63, 3.8) is 0 Å². The summed E-state index contributed by atoms with van der Waals surface area (Å²) in [7, 11) is 0. The molecule has 0 radical (unpaired) electrons. The van der Waals surface area contributed by atoms with Crippen LogP contribution in [-0.2, 0) is 0 Å². The Labute approximate surface area is 81.2 Å². The van der Waals surface area contributed by atoms with Crippen molar-refractivity contribution in [2.24, 2.45) is 0 Å². The normalized spacial score (nSPS) is 32.7. The molecule has 0 aromatic heterocycles. The van der Waals surface area contributed by atoms with Gasteiger partial charge in [0.2, 0.25) is 0 Å². The van der Waals surface area contributed by atoms with E-state index >= 15 is 0 Å². The van der Waals surface area contributed by atoms with E-state index in [1.54, 1.807) is 5.06 Å². The Morgan fingerprint density at radius 2 is 1.62 bits per heavy atom. The molecule has 0 fully saturated rings. The summed E-state index contributed by atoms with van der Waals surface area (Å²) >= 11 is 0. The minimum Gasteiger partial charge on any atom is -0.312 e. The third-order valence-corrected chi connectivity index (χ3v) is 3.60. The molecule has 76 valence electrons. The van der Waals surface area contributed by atoms with Crippen LogP contribution in [0.4, 0.5) is 0 Å². The summed E-state index contributed by atoms with van der Waals surface area (Å²) in [6.45, 7) is 8.43. The van der Waals surface area contributed by atoms with Crippen molar-refractivity contribution in [1.82, 2.24) is 5.06 Å². The van der Waals surface area contributed by atoms with Crippen LogP contribution in [0.1, 0.15) is 47.0 Å². The first-order valence-corrected chi connectivity index (χ1v) is 5.24. The van der Waals surface area contributed by atoms with Gasteiger partial charge in [0.1, 0.15) is 0 Å². The van der Waals surface area contributed by atoms with Crippen LogP contribution in [0.3, 0.4) is 0 Å². The van der Waals surface area contributed by atoms with Gasteiger partial charge in [0, 0.05) is 0 Å². The van der Waals surface area contributed by atoms with E-state index in [1.165, 1.54) is 0 Å². The van der Waals surface area contributed by atoms with E-state index in [1.807, 2.05) is 0 Å². The Bertz CT molecular complexity index is 208. The summed E-state index contributed by atoms with van der Waals surface area (Å²) in [5.74, 6) is 0. The molecule has 0 aromatic rings. The first kappa shape index (κ1) is 10.7. The van der Waals surface area contributed by atoms with E-state index in [0.717, 1.165) is 19.3 Å². The quantitative estimate of drug-likeness (QED) is 0.680. The summed E-state index contributed by atoms with van der Waals surface area (Å²) in [6, 6.07) is 0. The molecule has 2 nitrogen and oxygen atoms in total. The lowest BCUT2D eigenvalue weighted by atomic mass is 9.93. The number of hydroxylamine groups is 2. The Kier molecular flexibility index (Phi) is 2.83. The molecular weight excluding hydrogens is 162 g/mol. The predicted octanol–water partition coefficient (Wildman–Crippen LogP) is 2.97. The molecule has 0 bridgehead atoms. The third-order valence-electron chi connectivity index (χ3n) is 3.60. The van der Waals surface area contributed by atoms with Crippen LogP contribution in [0.2, 0.25) is 0 Å². The molecule has 1 unspecified atom stereocenters. The van der Waals surface area contributed by atoms with Crippen LogP contribution in [0, 0.1) is 0 Å². The summed E-state index contributed by atoms with van der Waals surface area (Å²) < 4.78 is 0. The number of rotatable bonds is 3. The van der Waals surface area contributed by atoms with E-state index in [4.69, 9.17) is 0 Å². The molecule has 1 atom stereocenters. The monoisotopic (exact) mass is 183 g/mol. The van der Waals surface area contributed by atoms with Gasteiger partial charge in [-0.25, -0.2) is 0 Å². The van der Waals surface area contributed by atoms with Gasteiger partial charge in [-0.15, -0.1) is 0 Å². The van der Waals surface area contributed by atoms with Crippen LogP contribution in [0.5, 0.6) is 0 Å². The van der Waals surface area contributed by atoms with Gasteiger partial charge in [-0.3, -0.25) is 0 Å². The molecule has 0 aromatic carbocycles. The minimum absolute atomic E-state index is 0.120. The SMILES string of the molecule is CCC1(C)C=CC(CC)(CC)N1O. The average molecular weight is 183 g/mol. The van der Waals surface area contributed by atoms with E-state index in [0.29, 0.717) is 0 Å². The van der Waals surface area contributed by atoms with Gasteiger partial charge in [-0.1, -0.05) is 32.9 Å². The fourth-order valence-electron chi connectivity index (χ4n) is 2.04. The lowest BCUT2D eigenvalue weighted by Gasteiger charge is -2.40. The molecule has 0 saturated heterocycles. The standard InChI is InChI=1S/C11H21NO/c1-5-10(4)8-9-11(6-2,7-3)12(10)13/h8-9,13H,5-7H2,1-4H3. The maximum atomic E-state index is 10.1. The molecule has 0 aliphatic carbocycles. The fraction of sp³-hybridized carbons (Fsp3) is 0.818. The molecule has 1 aliphatic rings. The summed E-state index contributed by atoms with van der Waals surface area (Å²) in [4.78, 5) is 0. The second-order valence-corrected chi connectivity index (χ2v) is 4.17. The Morgan fingerprint density at radius 1 is 1.08 bits per heavy atom. The van der Waals surface area contributed by atoms with Crippen molar-refractivity contribution in [2.75, 3.05) is 0 Å². The number of hydrogen-bond acceptors (Lipinski definition) is 2. The Balaban J connectivity index is 2.92. The molecule has 0 saturated carbocycles. The third kappa shape index (κ3) is 1.42. The highest BCUT2D eigenvalue weighted by atomic mass is 16.5. The van der Waals surface area contributed by atoms with Gasteiger partial charge >= 0.3 is 0 Å². The molecule has 1 heterocycles.